The molecule has 1 aromatic rings. The first-order valence-electron chi connectivity index (χ1n) is 6.25. The summed E-state index contributed by atoms with van der Waals surface area (Å²) in [4.78, 5) is 12.6. The zero-order valence-corrected chi connectivity index (χ0v) is 12.4. The Morgan fingerprint density at radius 3 is 2.35 bits per heavy atom. The SMILES string of the molecule is Cc1cc(C(=O)C2(C)CCCC2)c(C)cc1Br. The minimum Gasteiger partial charge on any atom is -0.294 e. The molecule has 1 aromatic carbocycles. The fraction of sp³-hybridized carbons (Fsp3) is 0.533. The van der Waals surface area contributed by atoms with Gasteiger partial charge < -0.3 is 0 Å². The zero-order valence-electron chi connectivity index (χ0n) is 10.8. The van der Waals surface area contributed by atoms with E-state index in [0.29, 0.717) is 5.78 Å². The highest BCUT2D eigenvalue weighted by Gasteiger charge is 2.37. The number of hydrogen-bond donors (Lipinski definition) is 0. The van der Waals surface area contributed by atoms with Crippen LogP contribution in [0.1, 0.15) is 54.1 Å². The highest BCUT2D eigenvalue weighted by Crippen LogP contribution is 2.41. The van der Waals surface area contributed by atoms with Gasteiger partial charge in [-0.05, 0) is 49.9 Å². The molecule has 2 rings (SSSR count). The van der Waals surface area contributed by atoms with Crippen LogP contribution in [0.25, 0.3) is 0 Å². The smallest absolute Gasteiger partial charge is 0.168 e. The summed E-state index contributed by atoms with van der Waals surface area (Å²) >= 11 is 3.51. The number of carbonyl (C=O) groups excluding carboxylic acids is 1. The minimum atomic E-state index is -0.120. The van der Waals surface area contributed by atoms with Crippen molar-refractivity contribution >= 4 is 21.7 Å². The highest BCUT2D eigenvalue weighted by molar-refractivity contribution is 9.10. The second-order valence-electron chi connectivity index (χ2n) is 5.51. The standard InChI is InChI=1S/C15H19BrO/c1-10-9-13(16)11(2)8-12(10)14(17)15(3)6-4-5-7-15/h8-9H,4-7H2,1-3H3. The third kappa shape index (κ3) is 2.33. The van der Waals surface area contributed by atoms with Crippen LogP contribution in [0.3, 0.4) is 0 Å². The molecule has 0 radical (unpaired) electrons. The Labute approximate surface area is 112 Å². The molecule has 17 heavy (non-hydrogen) atoms. The van der Waals surface area contributed by atoms with Gasteiger partial charge in [-0.3, -0.25) is 4.79 Å². The normalized spacial score (nSPS) is 18.4. The molecule has 0 unspecified atom stereocenters. The summed E-state index contributed by atoms with van der Waals surface area (Å²) in [6, 6.07) is 4.09. The van der Waals surface area contributed by atoms with Gasteiger partial charge in [0, 0.05) is 15.5 Å². The van der Waals surface area contributed by atoms with E-state index in [-0.39, 0.29) is 5.41 Å². The quantitative estimate of drug-likeness (QED) is 0.714. The van der Waals surface area contributed by atoms with Crippen molar-refractivity contribution in [3.8, 4) is 0 Å². The molecule has 92 valence electrons. The van der Waals surface area contributed by atoms with Crippen LogP contribution in [0.15, 0.2) is 16.6 Å². The lowest BCUT2D eigenvalue weighted by atomic mass is 9.79. The lowest BCUT2D eigenvalue weighted by Gasteiger charge is -2.23. The number of halogens is 1. The summed E-state index contributed by atoms with van der Waals surface area (Å²) in [5.41, 5.74) is 3.02. The molecular weight excluding hydrogens is 276 g/mol. The molecule has 0 heterocycles. The van der Waals surface area contributed by atoms with Gasteiger partial charge in [0.25, 0.3) is 0 Å². The monoisotopic (exact) mass is 294 g/mol. The number of carbonyl (C=O) groups is 1. The minimum absolute atomic E-state index is 0.120. The van der Waals surface area contributed by atoms with Crippen LogP contribution in [0, 0.1) is 19.3 Å². The van der Waals surface area contributed by atoms with Gasteiger partial charge in [-0.15, -0.1) is 0 Å². The highest BCUT2D eigenvalue weighted by atomic mass is 79.9. The van der Waals surface area contributed by atoms with E-state index in [1.165, 1.54) is 12.8 Å². The molecule has 0 N–H and O–H groups in total. The van der Waals surface area contributed by atoms with Crippen molar-refractivity contribution in [1.82, 2.24) is 0 Å². The van der Waals surface area contributed by atoms with Crippen molar-refractivity contribution in [2.75, 3.05) is 0 Å². The average Bonchev–Trinajstić information content (AvgIpc) is 2.71. The maximum atomic E-state index is 12.6. The van der Waals surface area contributed by atoms with E-state index in [0.717, 1.165) is 34.0 Å². The van der Waals surface area contributed by atoms with E-state index in [4.69, 9.17) is 0 Å². The van der Waals surface area contributed by atoms with E-state index in [1.54, 1.807) is 0 Å². The molecule has 1 aliphatic rings. The number of benzene rings is 1. The number of ketones is 1. The predicted octanol–water partition coefficient (Wildman–Crippen LogP) is 4.83. The van der Waals surface area contributed by atoms with Gasteiger partial charge in [0.1, 0.15) is 0 Å². The van der Waals surface area contributed by atoms with Crippen molar-refractivity contribution in [3.05, 3.63) is 33.3 Å². The Hall–Kier alpha value is -0.630. The molecule has 0 aromatic heterocycles. The summed E-state index contributed by atoms with van der Waals surface area (Å²) in [6.07, 6.45) is 4.47. The largest absolute Gasteiger partial charge is 0.294 e. The Bertz CT molecular complexity index is 456. The van der Waals surface area contributed by atoms with Crippen molar-refractivity contribution < 1.29 is 4.79 Å². The Morgan fingerprint density at radius 1 is 1.18 bits per heavy atom. The lowest BCUT2D eigenvalue weighted by molar-refractivity contribution is 0.0822. The van der Waals surface area contributed by atoms with Crippen LogP contribution < -0.4 is 0 Å². The zero-order chi connectivity index (χ0) is 12.6. The summed E-state index contributed by atoms with van der Waals surface area (Å²) in [7, 11) is 0. The van der Waals surface area contributed by atoms with E-state index in [1.807, 2.05) is 19.9 Å². The van der Waals surface area contributed by atoms with Crippen LogP contribution in [0.4, 0.5) is 0 Å². The van der Waals surface area contributed by atoms with Crippen LogP contribution in [0.5, 0.6) is 0 Å². The Morgan fingerprint density at radius 2 is 1.76 bits per heavy atom. The summed E-state index contributed by atoms with van der Waals surface area (Å²) in [5, 5.41) is 0. The van der Waals surface area contributed by atoms with Gasteiger partial charge in [0.2, 0.25) is 0 Å². The predicted molar refractivity (Wildman–Crippen MR) is 74.5 cm³/mol. The summed E-state index contributed by atoms with van der Waals surface area (Å²) < 4.78 is 1.09. The van der Waals surface area contributed by atoms with Crippen molar-refractivity contribution in [2.24, 2.45) is 5.41 Å². The number of Topliss-reactive ketones (excluding diaryl/α,β-unsaturated/α-hetero) is 1. The first-order chi connectivity index (χ1) is 7.94. The van der Waals surface area contributed by atoms with Gasteiger partial charge in [-0.1, -0.05) is 35.7 Å². The fourth-order valence-corrected chi connectivity index (χ4v) is 3.19. The second kappa shape index (κ2) is 4.56. The van der Waals surface area contributed by atoms with Crippen molar-refractivity contribution in [2.45, 2.75) is 46.5 Å². The molecular formula is C15H19BrO. The molecule has 0 atom stereocenters. The Balaban J connectivity index is 2.40. The molecule has 0 amide bonds. The molecule has 1 aliphatic carbocycles. The summed E-state index contributed by atoms with van der Waals surface area (Å²) in [6.45, 7) is 6.19. The molecule has 0 bridgehead atoms. The number of rotatable bonds is 2. The van der Waals surface area contributed by atoms with E-state index in [2.05, 4.69) is 28.9 Å². The topological polar surface area (TPSA) is 17.1 Å². The molecule has 0 saturated heterocycles. The molecule has 0 spiro atoms. The molecule has 1 fully saturated rings. The fourth-order valence-electron chi connectivity index (χ4n) is 2.73. The first kappa shape index (κ1) is 12.8. The maximum Gasteiger partial charge on any atom is 0.168 e. The van der Waals surface area contributed by atoms with E-state index >= 15 is 0 Å². The average molecular weight is 295 g/mol. The van der Waals surface area contributed by atoms with Crippen LogP contribution >= 0.6 is 15.9 Å². The third-order valence-electron chi connectivity index (χ3n) is 4.01. The van der Waals surface area contributed by atoms with Crippen molar-refractivity contribution in [1.29, 1.82) is 0 Å². The van der Waals surface area contributed by atoms with Gasteiger partial charge in [-0.2, -0.15) is 0 Å². The second-order valence-corrected chi connectivity index (χ2v) is 6.37. The van der Waals surface area contributed by atoms with Crippen LogP contribution in [0.2, 0.25) is 0 Å². The maximum absolute atomic E-state index is 12.6. The van der Waals surface area contributed by atoms with Gasteiger partial charge >= 0.3 is 0 Å². The lowest BCUT2D eigenvalue weighted by Crippen LogP contribution is -2.25. The van der Waals surface area contributed by atoms with E-state index in [9.17, 15) is 4.79 Å². The Kier molecular flexibility index (Phi) is 3.44. The van der Waals surface area contributed by atoms with Crippen molar-refractivity contribution in [3.63, 3.8) is 0 Å². The molecule has 1 nitrogen and oxygen atoms in total. The van der Waals surface area contributed by atoms with E-state index < -0.39 is 0 Å². The van der Waals surface area contributed by atoms with Gasteiger partial charge in [-0.25, -0.2) is 0 Å². The molecule has 0 aliphatic heterocycles. The van der Waals surface area contributed by atoms with Crippen LogP contribution in [-0.4, -0.2) is 5.78 Å². The third-order valence-corrected chi connectivity index (χ3v) is 4.86. The van der Waals surface area contributed by atoms with Crippen LogP contribution in [-0.2, 0) is 0 Å². The van der Waals surface area contributed by atoms with Gasteiger partial charge in [0.15, 0.2) is 5.78 Å². The van der Waals surface area contributed by atoms with Gasteiger partial charge in [0.05, 0.1) is 0 Å². The number of aryl methyl sites for hydroxylation is 2. The number of hydrogen-bond acceptors (Lipinski definition) is 1. The molecule has 1 saturated carbocycles. The summed E-state index contributed by atoms with van der Waals surface area (Å²) in [5.74, 6) is 0.336. The molecule has 2 heteroatoms. The first-order valence-corrected chi connectivity index (χ1v) is 7.05.